The lowest BCUT2D eigenvalue weighted by atomic mass is 10.1. The van der Waals surface area contributed by atoms with Crippen LogP contribution in [0.2, 0.25) is 0 Å². The van der Waals surface area contributed by atoms with Crippen LogP contribution in [-0.4, -0.2) is 51.4 Å². The highest BCUT2D eigenvalue weighted by molar-refractivity contribution is 5.94. The number of amides is 1. The number of hydrogen-bond acceptors (Lipinski definition) is 4. The van der Waals surface area contributed by atoms with Crippen LogP contribution in [0.1, 0.15) is 33.6 Å². The van der Waals surface area contributed by atoms with E-state index in [0.717, 1.165) is 37.3 Å². The summed E-state index contributed by atoms with van der Waals surface area (Å²) in [5.74, 6) is -0.385. The van der Waals surface area contributed by atoms with Crippen molar-refractivity contribution in [2.24, 2.45) is 0 Å². The average molecular weight is 490 g/mol. The predicted octanol–water partition coefficient (Wildman–Crippen LogP) is 4.13. The molecular formula is C24H26Cl2FN5O. The summed E-state index contributed by atoms with van der Waals surface area (Å²) in [6.07, 6.45) is 4.60. The van der Waals surface area contributed by atoms with E-state index in [0.29, 0.717) is 30.8 Å². The van der Waals surface area contributed by atoms with Crippen molar-refractivity contribution in [1.29, 1.82) is 5.26 Å². The lowest BCUT2D eigenvalue weighted by molar-refractivity contribution is 0.0761. The van der Waals surface area contributed by atoms with Gasteiger partial charge in [0, 0.05) is 51.0 Å². The zero-order valence-corrected chi connectivity index (χ0v) is 19.7. The van der Waals surface area contributed by atoms with Crippen LogP contribution in [0.15, 0.2) is 61.1 Å². The Labute approximate surface area is 205 Å². The van der Waals surface area contributed by atoms with Gasteiger partial charge < -0.3 is 9.47 Å². The van der Waals surface area contributed by atoms with E-state index in [2.05, 4.69) is 20.5 Å². The average Bonchev–Trinajstić information content (AvgIpc) is 3.08. The van der Waals surface area contributed by atoms with Crippen molar-refractivity contribution < 1.29 is 9.18 Å². The molecule has 1 saturated heterocycles. The molecule has 0 atom stereocenters. The van der Waals surface area contributed by atoms with E-state index in [-0.39, 0.29) is 36.5 Å². The number of benzene rings is 2. The monoisotopic (exact) mass is 489 g/mol. The third-order valence-corrected chi connectivity index (χ3v) is 5.59. The molecule has 1 aromatic heterocycles. The van der Waals surface area contributed by atoms with Gasteiger partial charge in [0.1, 0.15) is 5.82 Å². The molecule has 1 aliphatic heterocycles. The van der Waals surface area contributed by atoms with Gasteiger partial charge in [0.2, 0.25) is 0 Å². The third kappa shape index (κ3) is 6.78. The summed E-state index contributed by atoms with van der Waals surface area (Å²) in [5, 5.41) is 8.95. The van der Waals surface area contributed by atoms with Gasteiger partial charge in [0.25, 0.3) is 5.91 Å². The summed E-state index contributed by atoms with van der Waals surface area (Å²) in [6, 6.07) is 15.5. The number of nitrogens with zero attached hydrogens (tertiary/aromatic N) is 5. The summed E-state index contributed by atoms with van der Waals surface area (Å²) < 4.78 is 15.3. The van der Waals surface area contributed by atoms with Gasteiger partial charge in [0.15, 0.2) is 0 Å². The zero-order chi connectivity index (χ0) is 21.6. The SMILES string of the molecule is Cl.Cl.N#Cc1ccc(Cn2cncc2CN2CCCN(C(=O)c3ccc(F)cc3)CC2)cc1. The summed E-state index contributed by atoms with van der Waals surface area (Å²) in [6.45, 7) is 4.46. The number of aromatic nitrogens is 2. The number of hydrogen-bond donors (Lipinski definition) is 0. The normalized spacial score (nSPS) is 13.9. The number of nitriles is 1. The molecule has 1 amide bonds. The second-order valence-electron chi connectivity index (χ2n) is 7.75. The molecule has 33 heavy (non-hydrogen) atoms. The zero-order valence-electron chi connectivity index (χ0n) is 18.1. The predicted molar refractivity (Wildman–Crippen MR) is 129 cm³/mol. The van der Waals surface area contributed by atoms with Crippen molar-refractivity contribution in [2.75, 3.05) is 26.2 Å². The molecule has 0 spiro atoms. The lowest BCUT2D eigenvalue weighted by Crippen LogP contribution is -2.35. The maximum atomic E-state index is 13.1. The fourth-order valence-electron chi connectivity index (χ4n) is 3.84. The fourth-order valence-corrected chi connectivity index (χ4v) is 3.84. The summed E-state index contributed by atoms with van der Waals surface area (Å²) in [7, 11) is 0. The molecule has 1 aliphatic rings. The minimum absolute atomic E-state index is 0. The Morgan fingerprint density at radius 1 is 0.970 bits per heavy atom. The first-order valence-electron chi connectivity index (χ1n) is 10.4. The maximum Gasteiger partial charge on any atom is 0.253 e. The van der Waals surface area contributed by atoms with Crippen LogP contribution < -0.4 is 0 Å². The molecule has 0 saturated carbocycles. The van der Waals surface area contributed by atoms with Crippen molar-refractivity contribution >= 4 is 30.7 Å². The molecule has 0 aliphatic carbocycles. The number of rotatable bonds is 5. The Morgan fingerprint density at radius 3 is 2.39 bits per heavy atom. The largest absolute Gasteiger partial charge is 0.337 e. The molecule has 0 N–H and O–H groups in total. The molecule has 9 heteroatoms. The maximum absolute atomic E-state index is 13.1. The van der Waals surface area contributed by atoms with Crippen LogP contribution in [0.4, 0.5) is 4.39 Å². The van der Waals surface area contributed by atoms with Crippen molar-refractivity contribution in [1.82, 2.24) is 19.4 Å². The molecule has 1 fully saturated rings. The second-order valence-corrected chi connectivity index (χ2v) is 7.75. The number of halogens is 3. The van der Waals surface area contributed by atoms with Gasteiger partial charge in [-0.2, -0.15) is 5.26 Å². The van der Waals surface area contributed by atoms with Crippen molar-refractivity contribution in [3.8, 4) is 6.07 Å². The second kappa shape index (κ2) is 12.4. The highest BCUT2D eigenvalue weighted by atomic mass is 35.5. The van der Waals surface area contributed by atoms with E-state index in [4.69, 9.17) is 5.26 Å². The van der Waals surface area contributed by atoms with Crippen LogP contribution in [0.5, 0.6) is 0 Å². The van der Waals surface area contributed by atoms with E-state index in [1.807, 2.05) is 41.7 Å². The molecule has 6 nitrogen and oxygen atoms in total. The first-order valence-corrected chi connectivity index (χ1v) is 10.4. The Balaban J connectivity index is 0.00000193. The number of carbonyl (C=O) groups is 1. The topological polar surface area (TPSA) is 65.2 Å². The molecule has 174 valence electrons. The van der Waals surface area contributed by atoms with Gasteiger partial charge in [-0.05, 0) is 48.4 Å². The Morgan fingerprint density at radius 2 is 1.70 bits per heavy atom. The van der Waals surface area contributed by atoms with Gasteiger partial charge >= 0.3 is 0 Å². The van der Waals surface area contributed by atoms with Crippen molar-refractivity contribution in [3.05, 3.63) is 89.3 Å². The van der Waals surface area contributed by atoms with E-state index < -0.39 is 0 Å². The van der Waals surface area contributed by atoms with Gasteiger partial charge in [-0.1, -0.05) is 12.1 Å². The highest BCUT2D eigenvalue weighted by Gasteiger charge is 2.21. The molecule has 4 rings (SSSR count). The minimum Gasteiger partial charge on any atom is -0.337 e. The molecule has 2 heterocycles. The first kappa shape index (κ1) is 26.3. The van der Waals surface area contributed by atoms with Crippen LogP contribution >= 0.6 is 24.8 Å². The fraction of sp³-hybridized carbons (Fsp3) is 0.292. The Bertz CT molecular complexity index is 1080. The molecule has 0 radical (unpaired) electrons. The molecule has 3 aromatic rings. The van der Waals surface area contributed by atoms with Gasteiger partial charge in [-0.3, -0.25) is 9.69 Å². The lowest BCUT2D eigenvalue weighted by Gasteiger charge is -2.22. The summed E-state index contributed by atoms with van der Waals surface area (Å²) in [4.78, 5) is 21.2. The standard InChI is InChI=1S/C24H24FN5O.2ClH/c25-22-8-6-21(7-9-22)24(31)29-11-1-10-28(12-13-29)17-23-15-27-18-30(23)16-20-4-2-19(14-26)3-5-20;;/h2-9,15,18H,1,10-13,16-17H2;2*1H. The summed E-state index contributed by atoms with van der Waals surface area (Å²) in [5.41, 5.74) is 3.40. The van der Waals surface area contributed by atoms with Gasteiger partial charge in [0.05, 0.1) is 23.7 Å². The highest BCUT2D eigenvalue weighted by Crippen LogP contribution is 2.14. The quantitative estimate of drug-likeness (QED) is 0.540. The Hall–Kier alpha value is -2.92. The molecular weight excluding hydrogens is 464 g/mol. The van der Waals surface area contributed by atoms with E-state index >= 15 is 0 Å². The number of carbonyl (C=O) groups excluding carboxylic acids is 1. The minimum atomic E-state index is -0.337. The molecule has 2 aromatic carbocycles. The van der Waals surface area contributed by atoms with E-state index in [1.165, 1.54) is 12.1 Å². The van der Waals surface area contributed by atoms with Gasteiger partial charge in [-0.25, -0.2) is 9.37 Å². The van der Waals surface area contributed by atoms with Crippen LogP contribution in [-0.2, 0) is 13.1 Å². The van der Waals surface area contributed by atoms with Crippen molar-refractivity contribution in [3.63, 3.8) is 0 Å². The first-order chi connectivity index (χ1) is 15.1. The molecule has 0 bridgehead atoms. The van der Waals surface area contributed by atoms with E-state index in [1.54, 1.807) is 12.1 Å². The van der Waals surface area contributed by atoms with Crippen LogP contribution in [0, 0.1) is 17.1 Å². The van der Waals surface area contributed by atoms with Gasteiger partial charge in [-0.15, -0.1) is 24.8 Å². The smallest absolute Gasteiger partial charge is 0.253 e. The Kier molecular flexibility index (Phi) is 9.86. The van der Waals surface area contributed by atoms with Crippen LogP contribution in [0.3, 0.4) is 0 Å². The molecule has 0 unspecified atom stereocenters. The van der Waals surface area contributed by atoms with Crippen molar-refractivity contribution in [2.45, 2.75) is 19.5 Å². The van der Waals surface area contributed by atoms with Crippen LogP contribution in [0.25, 0.3) is 0 Å². The third-order valence-electron chi connectivity index (χ3n) is 5.59. The van der Waals surface area contributed by atoms with E-state index in [9.17, 15) is 9.18 Å². The number of imidazole rings is 1. The summed E-state index contributed by atoms with van der Waals surface area (Å²) >= 11 is 0.